The highest BCUT2D eigenvalue weighted by molar-refractivity contribution is 7.89. The number of hydrogen-bond donors (Lipinski definition) is 1. The van der Waals surface area contributed by atoms with Gasteiger partial charge in [0.15, 0.2) is 13.2 Å². The maximum absolute atomic E-state index is 13.0. The molecule has 1 N–H and O–H groups in total. The fourth-order valence-electron chi connectivity index (χ4n) is 3.32. The van der Waals surface area contributed by atoms with E-state index in [4.69, 9.17) is 14.7 Å². The molecule has 0 radical (unpaired) electrons. The Morgan fingerprint density at radius 2 is 1.76 bits per heavy atom. The van der Waals surface area contributed by atoms with Crippen molar-refractivity contribution < 1.29 is 35.9 Å². The zero-order valence-electron chi connectivity index (χ0n) is 18.0. The van der Waals surface area contributed by atoms with E-state index in [-0.39, 0.29) is 27.6 Å². The summed E-state index contributed by atoms with van der Waals surface area (Å²) in [4.78, 5) is 12.3. The SMILES string of the molecule is N#Cc1ccccc1OCC(=O)Nc1cc(S(=O)(=O)N2CCCCC2)ccc1OCC(F)(F)F. The molecule has 8 nitrogen and oxygen atoms in total. The van der Waals surface area contributed by atoms with Gasteiger partial charge in [-0.15, -0.1) is 0 Å². The average Bonchev–Trinajstić information content (AvgIpc) is 2.82. The summed E-state index contributed by atoms with van der Waals surface area (Å²) in [6.45, 7) is -1.52. The second kappa shape index (κ2) is 10.8. The first-order chi connectivity index (χ1) is 16.1. The number of anilines is 1. The van der Waals surface area contributed by atoms with E-state index in [1.165, 1.54) is 16.4 Å². The van der Waals surface area contributed by atoms with Gasteiger partial charge in [0, 0.05) is 13.1 Å². The van der Waals surface area contributed by atoms with Crippen molar-refractivity contribution in [2.45, 2.75) is 30.3 Å². The van der Waals surface area contributed by atoms with Crippen LogP contribution >= 0.6 is 0 Å². The van der Waals surface area contributed by atoms with Gasteiger partial charge in [-0.25, -0.2) is 8.42 Å². The molecule has 0 atom stereocenters. The van der Waals surface area contributed by atoms with Gasteiger partial charge >= 0.3 is 6.18 Å². The molecule has 1 heterocycles. The van der Waals surface area contributed by atoms with Gasteiger partial charge in [0.1, 0.15) is 17.6 Å². The molecule has 1 fully saturated rings. The number of ether oxygens (including phenoxy) is 2. The Morgan fingerprint density at radius 1 is 1.06 bits per heavy atom. The Hall–Kier alpha value is -3.30. The number of nitriles is 1. The summed E-state index contributed by atoms with van der Waals surface area (Å²) in [5, 5.41) is 11.4. The van der Waals surface area contributed by atoms with Gasteiger partial charge in [0.2, 0.25) is 10.0 Å². The van der Waals surface area contributed by atoms with Crippen LogP contribution in [0.15, 0.2) is 47.4 Å². The number of alkyl halides is 3. The van der Waals surface area contributed by atoms with Crippen LogP contribution in [-0.2, 0) is 14.8 Å². The molecular weight excluding hydrogens is 475 g/mol. The molecule has 34 heavy (non-hydrogen) atoms. The quantitative estimate of drug-likeness (QED) is 0.596. The minimum Gasteiger partial charge on any atom is -0.482 e. The third kappa shape index (κ3) is 6.61. The van der Waals surface area contributed by atoms with Crippen LogP contribution < -0.4 is 14.8 Å². The molecule has 182 valence electrons. The van der Waals surface area contributed by atoms with Crippen LogP contribution in [0.3, 0.4) is 0 Å². The summed E-state index contributed by atoms with van der Waals surface area (Å²) < 4.78 is 75.4. The number of amides is 1. The van der Waals surface area contributed by atoms with Crippen LogP contribution in [-0.4, -0.2) is 51.1 Å². The average molecular weight is 497 g/mol. The number of sulfonamides is 1. The predicted molar refractivity (Wildman–Crippen MR) is 116 cm³/mol. The third-order valence-electron chi connectivity index (χ3n) is 4.94. The number of halogens is 3. The zero-order chi connectivity index (χ0) is 24.8. The molecule has 0 unspecified atom stereocenters. The second-order valence-corrected chi connectivity index (χ2v) is 9.41. The number of piperidine rings is 1. The number of nitrogens with zero attached hydrogens (tertiary/aromatic N) is 2. The Kier molecular flexibility index (Phi) is 8.01. The fraction of sp³-hybridized carbons (Fsp3) is 0.364. The van der Waals surface area contributed by atoms with Gasteiger partial charge in [-0.1, -0.05) is 18.6 Å². The predicted octanol–water partition coefficient (Wildman–Crippen LogP) is 3.69. The molecule has 0 aromatic heterocycles. The van der Waals surface area contributed by atoms with Crippen LogP contribution in [0.2, 0.25) is 0 Å². The number of nitrogens with one attached hydrogen (secondary N) is 1. The maximum atomic E-state index is 13.0. The highest BCUT2D eigenvalue weighted by Gasteiger charge is 2.30. The van der Waals surface area contributed by atoms with Crippen molar-refractivity contribution in [3.05, 3.63) is 48.0 Å². The van der Waals surface area contributed by atoms with Crippen LogP contribution in [0, 0.1) is 11.3 Å². The molecule has 0 bridgehead atoms. The molecule has 2 aromatic carbocycles. The van der Waals surface area contributed by atoms with Gasteiger partial charge in [0.05, 0.1) is 16.1 Å². The molecule has 0 aliphatic carbocycles. The summed E-state index contributed by atoms with van der Waals surface area (Å²) >= 11 is 0. The lowest BCUT2D eigenvalue weighted by molar-refractivity contribution is -0.153. The van der Waals surface area contributed by atoms with E-state index in [1.807, 2.05) is 6.07 Å². The van der Waals surface area contributed by atoms with Gasteiger partial charge < -0.3 is 14.8 Å². The summed E-state index contributed by atoms with van der Waals surface area (Å²) in [6.07, 6.45) is -2.31. The Morgan fingerprint density at radius 3 is 2.44 bits per heavy atom. The van der Waals surface area contributed by atoms with E-state index < -0.39 is 35.3 Å². The molecule has 1 aliphatic heterocycles. The summed E-state index contributed by atoms with van der Waals surface area (Å²) in [6, 6.07) is 11.4. The van der Waals surface area contributed by atoms with Crippen LogP contribution in [0.1, 0.15) is 24.8 Å². The number of benzene rings is 2. The van der Waals surface area contributed by atoms with E-state index in [2.05, 4.69) is 5.32 Å². The first-order valence-corrected chi connectivity index (χ1v) is 11.8. The van der Waals surface area contributed by atoms with E-state index >= 15 is 0 Å². The Balaban J connectivity index is 1.82. The molecule has 1 saturated heterocycles. The molecule has 12 heteroatoms. The minimum absolute atomic E-state index is 0.148. The normalized spacial score (nSPS) is 14.8. The monoisotopic (exact) mass is 497 g/mol. The van der Waals surface area contributed by atoms with Crippen LogP contribution in [0.4, 0.5) is 18.9 Å². The summed E-state index contributed by atoms with van der Waals surface area (Å²) in [5.74, 6) is -0.979. The minimum atomic E-state index is -4.63. The van der Waals surface area contributed by atoms with Crippen molar-refractivity contribution in [2.75, 3.05) is 31.6 Å². The highest BCUT2D eigenvalue weighted by Crippen LogP contribution is 2.31. The zero-order valence-corrected chi connectivity index (χ0v) is 18.8. The number of carbonyl (C=O) groups is 1. The molecular formula is C22H22F3N3O5S. The highest BCUT2D eigenvalue weighted by atomic mass is 32.2. The van der Waals surface area contributed by atoms with Gasteiger partial charge in [-0.05, 0) is 43.2 Å². The first kappa shape index (κ1) is 25.3. The van der Waals surface area contributed by atoms with Gasteiger partial charge in [0.25, 0.3) is 5.91 Å². The van der Waals surface area contributed by atoms with Crippen molar-refractivity contribution >= 4 is 21.6 Å². The van der Waals surface area contributed by atoms with Crippen LogP contribution in [0.25, 0.3) is 0 Å². The van der Waals surface area contributed by atoms with E-state index in [0.717, 1.165) is 24.6 Å². The summed E-state index contributed by atoms with van der Waals surface area (Å²) in [7, 11) is -3.91. The standard InChI is InChI=1S/C22H22F3N3O5S/c23-22(24,25)15-33-20-9-8-17(34(30,31)28-10-4-1-5-11-28)12-18(20)27-21(29)14-32-19-7-3-2-6-16(19)13-26/h2-3,6-9,12H,1,4-5,10-11,14-15H2,(H,27,29). The van der Waals surface area contributed by atoms with Crippen molar-refractivity contribution in [1.29, 1.82) is 5.26 Å². The fourth-order valence-corrected chi connectivity index (χ4v) is 4.87. The number of carbonyl (C=O) groups excluding carboxylic acids is 1. The van der Waals surface area contributed by atoms with Gasteiger partial charge in [-0.3, -0.25) is 4.79 Å². The lowest BCUT2D eigenvalue weighted by Crippen LogP contribution is -2.35. The molecule has 0 saturated carbocycles. The van der Waals surface area contributed by atoms with Gasteiger partial charge in [-0.2, -0.15) is 22.7 Å². The third-order valence-corrected chi connectivity index (χ3v) is 6.83. The lowest BCUT2D eigenvalue weighted by Gasteiger charge is -2.26. The number of hydrogen-bond acceptors (Lipinski definition) is 6. The molecule has 2 aromatic rings. The lowest BCUT2D eigenvalue weighted by atomic mass is 10.2. The Labute approximate surface area is 194 Å². The van der Waals surface area contributed by atoms with E-state index in [0.29, 0.717) is 25.9 Å². The van der Waals surface area contributed by atoms with Crippen molar-refractivity contribution in [3.63, 3.8) is 0 Å². The molecule has 1 amide bonds. The first-order valence-electron chi connectivity index (χ1n) is 10.4. The molecule has 1 aliphatic rings. The van der Waals surface area contributed by atoms with E-state index in [9.17, 15) is 26.4 Å². The summed E-state index contributed by atoms with van der Waals surface area (Å²) in [5.41, 5.74) is -0.0522. The Bertz CT molecular complexity index is 1170. The molecule has 3 rings (SSSR count). The van der Waals surface area contributed by atoms with Crippen molar-refractivity contribution in [2.24, 2.45) is 0 Å². The van der Waals surface area contributed by atoms with Crippen molar-refractivity contribution in [1.82, 2.24) is 4.31 Å². The smallest absolute Gasteiger partial charge is 0.422 e. The maximum Gasteiger partial charge on any atom is 0.422 e. The van der Waals surface area contributed by atoms with Crippen LogP contribution in [0.5, 0.6) is 11.5 Å². The largest absolute Gasteiger partial charge is 0.482 e. The van der Waals surface area contributed by atoms with E-state index in [1.54, 1.807) is 12.1 Å². The number of rotatable bonds is 8. The molecule has 0 spiro atoms. The topological polar surface area (TPSA) is 109 Å². The van der Waals surface area contributed by atoms with Crippen molar-refractivity contribution in [3.8, 4) is 17.6 Å². The second-order valence-electron chi connectivity index (χ2n) is 7.47. The number of para-hydroxylation sites is 1.